The maximum Gasteiger partial charge on any atom is -0.0298 e. The molecule has 0 aliphatic heterocycles. The first-order valence-corrected chi connectivity index (χ1v) is 5.83. The highest BCUT2D eigenvalue weighted by molar-refractivity contribution is 4.86. The highest BCUT2D eigenvalue weighted by Gasteiger charge is 2.34. The van der Waals surface area contributed by atoms with E-state index in [-0.39, 0.29) is 0 Å². The maximum atomic E-state index is 2.33. The minimum atomic E-state index is 0.823. The number of hydrogen-bond acceptors (Lipinski definition) is 0. The Morgan fingerprint density at radius 2 is 1.67 bits per heavy atom. The van der Waals surface area contributed by atoms with E-state index in [2.05, 4.69) is 13.8 Å². The van der Waals surface area contributed by atoms with E-state index < -0.39 is 0 Å². The van der Waals surface area contributed by atoms with Crippen LogP contribution in [0.5, 0.6) is 0 Å². The van der Waals surface area contributed by atoms with Crippen LogP contribution in [0.4, 0.5) is 0 Å². The van der Waals surface area contributed by atoms with Gasteiger partial charge in [-0.05, 0) is 31.1 Å². The van der Waals surface area contributed by atoms with Crippen LogP contribution in [0.2, 0.25) is 0 Å². The van der Waals surface area contributed by atoms with Crippen molar-refractivity contribution in [2.45, 2.75) is 71.6 Å². The molecule has 1 aliphatic carbocycles. The third kappa shape index (κ3) is 2.50. The molecule has 0 bridgehead atoms. The van der Waals surface area contributed by atoms with Crippen molar-refractivity contribution in [2.24, 2.45) is 5.41 Å². The predicted molar refractivity (Wildman–Crippen MR) is 55.3 cm³/mol. The summed E-state index contributed by atoms with van der Waals surface area (Å²) in [5, 5.41) is 0. The Morgan fingerprint density at radius 1 is 0.917 bits per heavy atom. The van der Waals surface area contributed by atoms with Crippen molar-refractivity contribution >= 4 is 0 Å². The van der Waals surface area contributed by atoms with Gasteiger partial charge in [-0.3, -0.25) is 0 Å². The van der Waals surface area contributed by atoms with Crippen LogP contribution in [0, 0.1) is 5.41 Å². The van der Waals surface area contributed by atoms with Gasteiger partial charge in [0.05, 0.1) is 0 Å². The Morgan fingerprint density at radius 3 is 2.08 bits per heavy atom. The van der Waals surface area contributed by atoms with Gasteiger partial charge in [-0.15, -0.1) is 0 Å². The van der Waals surface area contributed by atoms with Crippen molar-refractivity contribution in [3.8, 4) is 0 Å². The van der Waals surface area contributed by atoms with Gasteiger partial charge in [-0.2, -0.15) is 0 Å². The van der Waals surface area contributed by atoms with Crippen LogP contribution in [0.25, 0.3) is 0 Å². The molecule has 0 radical (unpaired) electrons. The molecule has 0 aromatic rings. The maximum absolute atomic E-state index is 2.33. The first kappa shape index (κ1) is 10.1. The molecule has 1 saturated carbocycles. The lowest BCUT2D eigenvalue weighted by atomic mass is 9.63. The van der Waals surface area contributed by atoms with Gasteiger partial charge < -0.3 is 0 Å². The molecule has 0 nitrogen and oxygen atoms in total. The minimum absolute atomic E-state index is 0.823. The van der Waals surface area contributed by atoms with Crippen molar-refractivity contribution in [1.29, 1.82) is 0 Å². The van der Waals surface area contributed by atoms with Crippen molar-refractivity contribution in [1.82, 2.24) is 0 Å². The second kappa shape index (κ2) is 4.89. The SMILES string of the molecule is CCCCCC1(CCC)CCC1. The van der Waals surface area contributed by atoms with Gasteiger partial charge in [0.1, 0.15) is 0 Å². The highest BCUT2D eigenvalue weighted by atomic mass is 14.4. The fraction of sp³-hybridized carbons (Fsp3) is 1.00. The molecular formula is C12H24. The molecule has 0 N–H and O–H groups in total. The number of rotatable bonds is 6. The second-order valence-corrected chi connectivity index (χ2v) is 4.56. The summed E-state index contributed by atoms with van der Waals surface area (Å²) in [5.74, 6) is 0. The van der Waals surface area contributed by atoms with Crippen LogP contribution in [0.15, 0.2) is 0 Å². The zero-order chi connectivity index (χ0) is 8.86. The number of hydrogen-bond donors (Lipinski definition) is 0. The third-order valence-corrected chi connectivity index (χ3v) is 3.51. The van der Waals surface area contributed by atoms with Crippen LogP contribution >= 0.6 is 0 Å². The number of unbranched alkanes of at least 4 members (excludes halogenated alkanes) is 2. The zero-order valence-electron chi connectivity index (χ0n) is 8.86. The fourth-order valence-corrected chi connectivity index (χ4v) is 2.58. The molecule has 0 saturated heterocycles. The molecule has 0 aromatic carbocycles. The molecule has 0 aromatic heterocycles. The second-order valence-electron chi connectivity index (χ2n) is 4.56. The molecule has 0 atom stereocenters. The molecule has 0 spiro atoms. The molecule has 1 aliphatic rings. The van der Waals surface area contributed by atoms with Crippen molar-refractivity contribution in [3.05, 3.63) is 0 Å². The summed E-state index contributed by atoms with van der Waals surface area (Å²) in [6.45, 7) is 4.63. The van der Waals surface area contributed by atoms with Crippen LogP contribution in [-0.4, -0.2) is 0 Å². The van der Waals surface area contributed by atoms with E-state index in [1.165, 1.54) is 57.8 Å². The third-order valence-electron chi connectivity index (χ3n) is 3.51. The summed E-state index contributed by atoms with van der Waals surface area (Å²) >= 11 is 0. The van der Waals surface area contributed by atoms with Gasteiger partial charge in [0.2, 0.25) is 0 Å². The highest BCUT2D eigenvalue weighted by Crippen LogP contribution is 2.48. The predicted octanol–water partition coefficient (Wildman–Crippen LogP) is 4.54. The van der Waals surface area contributed by atoms with Crippen LogP contribution in [0.3, 0.4) is 0 Å². The summed E-state index contributed by atoms with van der Waals surface area (Å²) in [5.41, 5.74) is 0.823. The molecule has 1 rings (SSSR count). The van der Waals surface area contributed by atoms with Crippen molar-refractivity contribution in [3.63, 3.8) is 0 Å². The summed E-state index contributed by atoms with van der Waals surface area (Å²) in [7, 11) is 0. The Hall–Kier alpha value is 0. The van der Waals surface area contributed by atoms with E-state index in [0.29, 0.717) is 0 Å². The topological polar surface area (TPSA) is 0 Å². The van der Waals surface area contributed by atoms with Crippen molar-refractivity contribution in [2.75, 3.05) is 0 Å². The van der Waals surface area contributed by atoms with Crippen molar-refractivity contribution < 1.29 is 0 Å². The van der Waals surface area contributed by atoms with Gasteiger partial charge in [0.15, 0.2) is 0 Å². The van der Waals surface area contributed by atoms with Gasteiger partial charge in [0, 0.05) is 0 Å². The van der Waals surface area contributed by atoms with Gasteiger partial charge in [0.25, 0.3) is 0 Å². The Bertz CT molecular complexity index is 111. The molecule has 0 amide bonds. The smallest absolute Gasteiger partial charge is 0.0298 e. The van der Waals surface area contributed by atoms with E-state index in [1.54, 1.807) is 0 Å². The molecule has 0 unspecified atom stereocenters. The molecule has 0 heteroatoms. The zero-order valence-corrected chi connectivity index (χ0v) is 8.86. The molecule has 1 fully saturated rings. The van der Waals surface area contributed by atoms with Crippen LogP contribution < -0.4 is 0 Å². The van der Waals surface area contributed by atoms with Gasteiger partial charge in [-0.25, -0.2) is 0 Å². The Balaban J connectivity index is 2.15. The average molecular weight is 168 g/mol. The molecular weight excluding hydrogens is 144 g/mol. The lowest BCUT2D eigenvalue weighted by Gasteiger charge is -2.42. The largest absolute Gasteiger partial charge is 0.0654 e. The first-order chi connectivity index (χ1) is 5.83. The van der Waals surface area contributed by atoms with Gasteiger partial charge >= 0.3 is 0 Å². The van der Waals surface area contributed by atoms with E-state index >= 15 is 0 Å². The van der Waals surface area contributed by atoms with Gasteiger partial charge in [-0.1, -0.05) is 46.0 Å². The summed E-state index contributed by atoms with van der Waals surface area (Å²) < 4.78 is 0. The van der Waals surface area contributed by atoms with E-state index in [0.717, 1.165) is 5.41 Å². The molecule has 12 heavy (non-hydrogen) atoms. The summed E-state index contributed by atoms with van der Waals surface area (Å²) in [4.78, 5) is 0. The monoisotopic (exact) mass is 168 g/mol. The van der Waals surface area contributed by atoms with E-state index in [4.69, 9.17) is 0 Å². The van der Waals surface area contributed by atoms with E-state index in [9.17, 15) is 0 Å². The fourth-order valence-electron chi connectivity index (χ4n) is 2.58. The van der Waals surface area contributed by atoms with E-state index in [1.807, 2.05) is 0 Å². The quantitative estimate of drug-likeness (QED) is 0.511. The minimum Gasteiger partial charge on any atom is -0.0654 e. The molecule has 0 heterocycles. The summed E-state index contributed by atoms with van der Waals surface area (Å²) in [6.07, 6.45) is 13.3. The van der Waals surface area contributed by atoms with Crippen LogP contribution in [0.1, 0.15) is 71.6 Å². The molecule has 72 valence electrons. The Kier molecular flexibility index (Phi) is 4.11. The normalized spacial score (nSPS) is 20.5. The first-order valence-electron chi connectivity index (χ1n) is 5.83. The Labute approximate surface area is 77.7 Å². The van der Waals surface area contributed by atoms with Crippen LogP contribution in [-0.2, 0) is 0 Å². The lowest BCUT2D eigenvalue weighted by Crippen LogP contribution is -2.28. The average Bonchev–Trinajstić information content (AvgIpc) is 2.00. The summed E-state index contributed by atoms with van der Waals surface area (Å²) in [6, 6.07) is 0. The standard InChI is InChI=1S/C12H24/c1-3-5-6-9-12(8-4-2)10-7-11-12/h3-11H2,1-2H3. The lowest BCUT2D eigenvalue weighted by molar-refractivity contribution is 0.101.